The standard InChI is InChI=1S/C27H31F3N6O4/c1-25(2,3)20(35-24(40)27(28,29)30)23(39)36-12-14-18(26(14,4)5)19(36)22(38)32-13(11-31)10-17-21(37)34-16-9-7-6-8-15(16)33-17/h6-9,13-14,18-20H,10,12H2,1-5H3,(H,32,38)(H,34,37)(H,35,40)/t13-,14-,18-,19-,20+/m0/s1. The summed E-state index contributed by atoms with van der Waals surface area (Å²) in [6.45, 7) is 8.52. The number of carbonyl (C=O) groups is 3. The molecule has 1 aliphatic heterocycles. The Morgan fingerprint density at radius 2 is 1.85 bits per heavy atom. The summed E-state index contributed by atoms with van der Waals surface area (Å²) >= 11 is 0. The summed E-state index contributed by atoms with van der Waals surface area (Å²) in [6.07, 6.45) is -5.39. The van der Waals surface area contributed by atoms with Crippen molar-refractivity contribution in [2.45, 2.75) is 65.3 Å². The second-order valence-electron chi connectivity index (χ2n) is 12.1. The Morgan fingerprint density at radius 3 is 2.45 bits per heavy atom. The van der Waals surface area contributed by atoms with Crippen LogP contribution in [-0.4, -0.2) is 63.4 Å². The maximum Gasteiger partial charge on any atom is 0.471 e. The van der Waals surface area contributed by atoms with Crippen molar-refractivity contribution in [2.24, 2.45) is 22.7 Å². The second kappa shape index (κ2) is 9.91. The number of piperidine rings is 1. The number of para-hydroxylation sites is 2. The monoisotopic (exact) mass is 560 g/mol. The van der Waals surface area contributed by atoms with Crippen molar-refractivity contribution in [1.29, 1.82) is 5.26 Å². The van der Waals surface area contributed by atoms with Crippen LogP contribution in [0, 0.1) is 34.0 Å². The topological polar surface area (TPSA) is 148 Å². The van der Waals surface area contributed by atoms with Gasteiger partial charge < -0.3 is 20.5 Å². The van der Waals surface area contributed by atoms with Gasteiger partial charge in [0.05, 0.1) is 17.1 Å². The maximum absolute atomic E-state index is 13.6. The molecule has 40 heavy (non-hydrogen) atoms. The summed E-state index contributed by atoms with van der Waals surface area (Å²) < 4.78 is 39.1. The van der Waals surface area contributed by atoms with Crippen LogP contribution in [-0.2, 0) is 20.8 Å². The molecule has 3 amide bonds. The molecule has 1 saturated heterocycles. The number of likely N-dealkylation sites (tertiary alicyclic amines) is 1. The summed E-state index contributed by atoms with van der Waals surface area (Å²) in [6, 6.07) is 5.01. The average molecular weight is 561 g/mol. The Morgan fingerprint density at radius 1 is 1.20 bits per heavy atom. The molecule has 1 aliphatic carbocycles. The number of rotatable bonds is 6. The minimum Gasteiger partial charge on any atom is -0.338 e. The number of nitrogens with one attached hydrogen (secondary N) is 3. The van der Waals surface area contributed by atoms with E-state index in [2.05, 4.69) is 15.3 Å². The van der Waals surface area contributed by atoms with E-state index in [1.807, 2.05) is 19.9 Å². The third-order valence-corrected chi connectivity index (χ3v) is 7.95. The van der Waals surface area contributed by atoms with Crippen molar-refractivity contribution >= 4 is 28.8 Å². The van der Waals surface area contributed by atoms with Crippen LogP contribution in [0.4, 0.5) is 13.2 Å². The first-order chi connectivity index (χ1) is 18.5. The first-order valence-electron chi connectivity index (χ1n) is 12.8. The van der Waals surface area contributed by atoms with Crippen LogP contribution < -0.4 is 16.2 Å². The lowest BCUT2D eigenvalue weighted by Gasteiger charge is -2.37. The van der Waals surface area contributed by atoms with Crippen molar-refractivity contribution in [1.82, 2.24) is 25.5 Å². The number of aromatic nitrogens is 2. The molecule has 1 aromatic carbocycles. The molecular formula is C27H31F3N6O4. The van der Waals surface area contributed by atoms with E-state index in [1.54, 1.807) is 29.6 Å². The number of hydrogen-bond donors (Lipinski definition) is 3. The highest BCUT2D eigenvalue weighted by molar-refractivity contribution is 5.95. The van der Waals surface area contributed by atoms with E-state index in [0.29, 0.717) is 11.0 Å². The van der Waals surface area contributed by atoms with Gasteiger partial charge in [-0.2, -0.15) is 18.4 Å². The fraction of sp³-hybridized carbons (Fsp3) is 0.556. The molecular weight excluding hydrogens is 529 g/mol. The van der Waals surface area contributed by atoms with E-state index in [4.69, 9.17) is 0 Å². The molecule has 10 nitrogen and oxygen atoms in total. The Bertz CT molecular complexity index is 1460. The number of halogens is 3. The predicted octanol–water partition coefficient (Wildman–Crippen LogP) is 2.05. The zero-order valence-electron chi connectivity index (χ0n) is 22.7. The van der Waals surface area contributed by atoms with Crippen molar-refractivity contribution in [2.75, 3.05) is 6.54 Å². The third kappa shape index (κ3) is 5.39. The molecule has 13 heteroatoms. The summed E-state index contributed by atoms with van der Waals surface area (Å²) in [7, 11) is 0. The largest absolute Gasteiger partial charge is 0.471 e. The van der Waals surface area contributed by atoms with Gasteiger partial charge in [-0.15, -0.1) is 0 Å². The molecule has 2 aliphatic rings. The number of alkyl halides is 3. The van der Waals surface area contributed by atoms with Crippen LogP contribution >= 0.6 is 0 Å². The smallest absolute Gasteiger partial charge is 0.338 e. The van der Waals surface area contributed by atoms with Crippen molar-refractivity contribution < 1.29 is 27.6 Å². The maximum atomic E-state index is 13.6. The van der Waals surface area contributed by atoms with Gasteiger partial charge >= 0.3 is 12.1 Å². The van der Waals surface area contributed by atoms with E-state index in [-0.39, 0.29) is 35.9 Å². The molecule has 214 valence electrons. The van der Waals surface area contributed by atoms with Crippen molar-refractivity contribution in [3.8, 4) is 6.07 Å². The van der Waals surface area contributed by atoms with Gasteiger partial charge in [0.15, 0.2) is 0 Å². The fourth-order valence-corrected chi connectivity index (χ4v) is 5.63. The van der Waals surface area contributed by atoms with E-state index in [1.165, 1.54) is 25.7 Å². The van der Waals surface area contributed by atoms with Crippen LogP contribution in [0.25, 0.3) is 11.0 Å². The summed E-state index contributed by atoms with van der Waals surface area (Å²) in [5.74, 6) is -4.10. The molecule has 2 fully saturated rings. The second-order valence-corrected chi connectivity index (χ2v) is 12.1. The SMILES string of the molecule is CC(C)(C)[C@H](NC(=O)C(F)(F)F)C(=O)N1C[C@H]2[C@@H]([C@H]1C(=O)N[C@H](C#N)Cc1nc3ccccc3[nH]c1=O)C2(C)C. The Labute approximate surface area is 228 Å². The molecule has 5 atom stereocenters. The first-order valence-corrected chi connectivity index (χ1v) is 12.8. The van der Waals surface area contributed by atoms with Crippen LogP contribution in [0.1, 0.15) is 40.3 Å². The number of aromatic amines is 1. The number of carbonyl (C=O) groups excluding carboxylic acids is 3. The van der Waals surface area contributed by atoms with Gasteiger partial charge in [0.1, 0.15) is 23.8 Å². The van der Waals surface area contributed by atoms with Crippen LogP contribution in [0.3, 0.4) is 0 Å². The van der Waals surface area contributed by atoms with Gasteiger partial charge in [-0.25, -0.2) is 4.98 Å². The number of fused-ring (bicyclic) bond motifs is 2. The molecule has 4 rings (SSSR count). The van der Waals surface area contributed by atoms with E-state index < -0.39 is 53.0 Å². The number of H-pyrrole nitrogens is 1. The van der Waals surface area contributed by atoms with Gasteiger partial charge in [0.25, 0.3) is 5.56 Å². The van der Waals surface area contributed by atoms with Crippen LogP contribution in [0.2, 0.25) is 0 Å². The van der Waals surface area contributed by atoms with E-state index in [9.17, 15) is 37.6 Å². The molecule has 0 radical (unpaired) electrons. The van der Waals surface area contributed by atoms with E-state index >= 15 is 0 Å². The minimum atomic E-state index is -5.19. The lowest BCUT2D eigenvalue weighted by atomic mass is 9.85. The number of benzene rings is 1. The minimum absolute atomic E-state index is 0.0391. The van der Waals surface area contributed by atoms with Crippen molar-refractivity contribution in [3.05, 3.63) is 40.3 Å². The Kier molecular flexibility index (Phi) is 7.19. The van der Waals surface area contributed by atoms with Gasteiger partial charge in [-0.3, -0.25) is 19.2 Å². The highest BCUT2D eigenvalue weighted by Crippen LogP contribution is 2.65. The molecule has 0 bridgehead atoms. The number of hydrogen-bond acceptors (Lipinski definition) is 6. The quantitative estimate of drug-likeness (QED) is 0.493. The normalized spacial score (nSPS) is 23.1. The summed E-state index contributed by atoms with van der Waals surface area (Å²) in [4.78, 5) is 59.7. The zero-order valence-corrected chi connectivity index (χ0v) is 22.7. The van der Waals surface area contributed by atoms with Gasteiger partial charge in [-0.1, -0.05) is 46.8 Å². The van der Waals surface area contributed by atoms with Gasteiger partial charge in [0.2, 0.25) is 11.8 Å². The molecule has 0 spiro atoms. The van der Waals surface area contributed by atoms with Crippen molar-refractivity contribution in [3.63, 3.8) is 0 Å². The number of amides is 3. The summed E-state index contributed by atoms with van der Waals surface area (Å²) in [5.41, 5.74) is -0.866. The van der Waals surface area contributed by atoms with Gasteiger partial charge in [-0.05, 0) is 34.8 Å². The number of nitrogens with zero attached hydrogens (tertiary/aromatic N) is 3. The molecule has 3 N–H and O–H groups in total. The summed E-state index contributed by atoms with van der Waals surface area (Å²) in [5, 5.41) is 14.2. The van der Waals surface area contributed by atoms with Gasteiger partial charge in [0, 0.05) is 13.0 Å². The highest BCUT2D eigenvalue weighted by atomic mass is 19.4. The third-order valence-electron chi connectivity index (χ3n) is 7.95. The molecule has 2 heterocycles. The Balaban J connectivity index is 1.57. The lowest BCUT2D eigenvalue weighted by Crippen LogP contribution is -2.61. The predicted molar refractivity (Wildman–Crippen MR) is 137 cm³/mol. The van der Waals surface area contributed by atoms with E-state index in [0.717, 1.165) is 0 Å². The van der Waals surface area contributed by atoms with Crippen LogP contribution in [0.15, 0.2) is 29.1 Å². The number of nitriles is 1. The molecule has 2 aromatic rings. The average Bonchev–Trinajstić information content (AvgIpc) is 3.18. The molecule has 1 aromatic heterocycles. The van der Waals surface area contributed by atoms with Crippen LogP contribution in [0.5, 0.6) is 0 Å². The lowest BCUT2D eigenvalue weighted by molar-refractivity contribution is -0.176. The Hall–Kier alpha value is -3.95. The fourth-order valence-electron chi connectivity index (χ4n) is 5.63. The zero-order chi connectivity index (χ0) is 29.8. The molecule has 1 saturated carbocycles. The highest BCUT2D eigenvalue weighted by Gasteiger charge is 2.70. The molecule has 0 unspecified atom stereocenters. The first kappa shape index (κ1) is 29.0.